The number of nitrogens with zero attached hydrogens (tertiary/aromatic N) is 1. The fourth-order valence-corrected chi connectivity index (χ4v) is 2.86. The van der Waals surface area contributed by atoms with Crippen LogP contribution in [0.1, 0.15) is 22.3 Å². The number of amides is 1. The molecule has 0 unspecified atom stereocenters. The lowest BCUT2D eigenvalue weighted by Gasteiger charge is -2.15. The molecule has 2 rings (SSSR count). The van der Waals surface area contributed by atoms with Gasteiger partial charge in [0.25, 0.3) is 5.91 Å². The zero-order chi connectivity index (χ0) is 23.0. The van der Waals surface area contributed by atoms with Gasteiger partial charge < -0.3 is 19.9 Å². The summed E-state index contributed by atoms with van der Waals surface area (Å²) in [6.45, 7) is 7.08. The zero-order valence-corrected chi connectivity index (χ0v) is 17.7. The van der Waals surface area contributed by atoms with Crippen molar-refractivity contribution < 1.29 is 24.2 Å². The fraction of sp³-hybridized carbons (Fsp3) is 0.208. The number of hydrogen-bond acceptors (Lipinski definition) is 5. The third-order valence-electron chi connectivity index (χ3n) is 4.52. The summed E-state index contributed by atoms with van der Waals surface area (Å²) < 4.78 is 10.7. The van der Waals surface area contributed by atoms with Gasteiger partial charge in [-0.1, -0.05) is 12.1 Å². The van der Waals surface area contributed by atoms with Crippen molar-refractivity contribution >= 4 is 23.6 Å². The first-order valence-electron chi connectivity index (χ1n) is 9.45. The molecule has 0 fully saturated rings. The van der Waals surface area contributed by atoms with Crippen molar-refractivity contribution in [2.24, 2.45) is 0 Å². The Kier molecular flexibility index (Phi) is 7.98. The molecule has 1 amide bonds. The van der Waals surface area contributed by atoms with Crippen LogP contribution in [0.25, 0.3) is 6.08 Å². The van der Waals surface area contributed by atoms with E-state index < -0.39 is 18.5 Å². The number of anilines is 1. The van der Waals surface area contributed by atoms with Gasteiger partial charge in [0.05, 0.1) is 7.11 Å². The van der Waals surface area contributed by atoms with E-state index in [1.165, 1.54) is 13.2 Å². The highest BCUT2D eigenvalue weighted by Crippen LogP contribution is 2.34. The average Bonchev–Trinajstić information content (AvgIpc) is 2.73. The number of hydrogen-bond donors (Lipinski definition) is 2. The van der Waals surface area contributed by atoms with E-state index in [0.717, 1.165) is 11.1 Å². The van der Waals surface area contributed by atoms with E-state index in [9.17, 15) is 14.9 Å². The molecule has 0 aromatic heterocycles. The molecule has 160 valence electrons. The van der Waals surface area contributed by atoms with E-state index in [1.54, 1.807) is 24.3 Å². The van der Waals surface area contributed by atoms with E-state index in [1.807, 2.05) is 32.0 Å². The van der Waals surface area contributed by atoms with Gasteiger partial charge in [-0.3, -0.25) is 4.79 Å². The molecule has 0 radical (unpaired) electrons. The molecule has 7 nitrogen and oxygen atoms in total. The monoisotopic (exact) mass is 420 g/mol. The van der Waals surface area contributed by atoms with Gasteiger partial charge in [-0.15, -0.1) is 6.58 Å². The number of carbonyl (C=O) groups is 2. The molecule has 0 atom stereocenters. The Balaban J connectivity index is 2.39. The standard InChI is InChI=1S/C24H24N2O5/c1-5-6-18-10-17(12-21(30-4)23(18)31-14-22(27)28)11-19(13-25)24(29)26-20-8-7-15(2)16(3)9-20/h5,7-12H,1,6,14H2,2-4H3,(H,26,29)(H,27,28)/b19-11-. The first-order valence-corrected chi connectivity index (χ1v) is 9.45. The minimum absolute atomic E-state index is 0.0935. The molecule has 0 saturated heterocycles. The molecule has 0 aliphatic carbocycles. The third kappa shape index (κ3) is 6.21. The van der Waals surface area contributed by atoms with Gasteiger partial charge in [-0.2, -0.15) is 5.26 Å². The highest BCUT2D eigenvalue weighted by atomic mass is 16.5. The molecule has 2 aromatic rings. The maximum atomic E-state index is 12.6. The second kappa shape index (κ2) is 10.6. The van der Waals surface area contributed by atoms with Crippen LogP contribution >= 0.6 is 0 Å². The van der Waals surface area contributed by atoms with Crippen molar-refractivity contribution in [2.75, 3.05) is 19.0 Å². The summed E-state index contributed by atoms with van der Waals surface area (Å²) in [5, 5.41) is 21.1. The summed E-state index contributed by atoms with van der Waals surface area (Å²) in [7, 11) is 1.42. The Bertz CT molecular complexity index is 1080. The van der Waals surface area contributed by atoms with E-state index >= 15 is 0 Å². The number of ether oxygens (including phenoxy) is 2. The van der Waals surface area contributed by atoms with Crippen LogP contribution in [0.3, 0.4) is 0 Å². The number of aryl methyl sites for hydroxylation is 2. The predicted octanol–water partition coefficient (Wildman–Crippen LogP) is 4.05. The van der Waals surface area contributed by atoms with Gasteiger partial charge in [0.2, 0.25) is 0 Å². The number of aliphatic carboxylic acids is 1. The summed E-state index contributed by atoms with van der Waals surface area (Å²) in [4.78, 5) is 23.5. The molecule has 2 N–H and O–H groups in total. The highest BCUT2D eigenvalue weighted by molar-refractivity contribution is 6.09. The molecule has 7 heteroatoms. The van der Waals surface area contributed by atoms with Crippen molar-refractivity contribution in [1.82, 2.24) is 0 Å². The molecule has 2 aromatic carbocycles. The van der Waals surface area contributed by atoms with Crippen molar-refractivity contribution in [1.29, 1.82) is 5.26 Å². The van der Waals surface area contributed by atoms with E-state index in [-0.39, 0.29) is 11.3 Å². The average molecular weight is 420 g/mol. The third-order valence-corrected chi connectivity index (χ3v) is 4.52. The number of rotatable bonds is 9. The van der Waals surface area contributed by atoms with Crippen LogP contribution in [-0.4, -0.2) is 30.7 Å². The van der Waals surface area contributed by atoms with Gasteiger partial charge in [0.15, 0.2) is 18.1 Å². The van der Waals surface area contributed by atoms with Crippen LogP contribution in [0.2, 0.25) is 0 Å². The summed E-state index contributed by atoms with van der Waals surface area (Å²) in [6, 6.07) is 10.7. The Morgan fingerprint density at radius 3 is 2.55 bits per heavy atom. The van der Waals surface area contributed by atoms with Crippen molar-refractivity contribution in [2.45, 2.75) is 20.3 Å². The smallest absolute Gasteiger partial charge is 0.341 e. The number of carbonyl (C=O) groups excluding carboxylic acids is 1. The van der Waals surface area contributed by atoms with Crippen LogP contribution < -0.4 is 14.8 Å². The van der Waals surface area contributed by atoms with Crippen LogP contribution in [0.4, 0.5) is 5.69 Å². The zero-order valence-electron chi connectivity index (χ0n) is 17.7. The molecular formula is C24H24N2O5. The van der Waals surface area contributed by atoms with Gasteiger partial charge in [-0.25, -0.2) is 4.79 Å². The van der Waals surface area contributed by atoms with E-state index in [2.05, 4.69) is 11.9 Å². The SMILES string of the molecule is C=CCc1cc(/C=C(/C#N)C(=O)Nc2ccc(C)c(C)c2)cc(OC)c1OCC(=O)O. The normalized spacial score (nSPS) is 10.7. The second-order valence-corrected chi connectivity index (χ2v) is 6.81. The molecule has 0 aliphatic heterocycles. The quantitative estimate of drug-likeness (QED) is 0.360. The lowest BCUT2D eigenvalue weighted by Crippen LogP contribution is -2.14. The fourth-order valence-electron chi connectivity index (χ4n) is 2.86. The minimum Gasteiger partial charge on any atom is -0.493 e. The molecule has 31 heavy (non-hydrogen) atoms. The minimum atomic E-state index is -1.12. The Morgan fingerprint density at radius 2 is 1.97 bits per heavy atom. The highest BCUT2D eigenvalue weighted by Gasteiger charge is 2.16. The molecular weight excluding hydrogens is 396 g/mol. The number of methoxy groups -OCH3 is 1. The number of carboxylic acid groups (broad SMARTS) is 1. The van der Waals surface area contributed by atoms with Crippen LogP contribution in [0.15, 0.2) is 48.6 Å². The molecule has 0 heterocycles. The van der Waals surface area contributed by atoms with Crippen molar-refractivity contribution in [3.63, 3.8) is 0 Å². The summed E-state index contributed by atoms with van der Waals surface area (Å²) in [5.41, 5.74) is 3.77. The van der Waals surface area contributed by atoms with Gasteiger partial charge in [0, 0.05) is 11.3 Å². The largest absolute Gasteiger partial charge is 0.493 e. The van der Waals surface area contributed by atoms with E-state index in [4.69, 9.17) is 14.6 Å². The van der Waals surface area contributed by atoms with E-state index in [0.29, 0.717) is 29.0 Å². The number of benzene rings is 2. The summed E-state index contributed by atoms with van der Waals surface area (Å²) >= 11 is 0. The lowest BCUT2D eigenvalue weighted by molar-refractivity contribution is -0.139. The van der Waals surface area contributed by atoms with Crippen LogP contribution in [0.5, 0.6) is 11.5 Å². The molecule has 0 saturated carbocycles. The molecule has 0 bridgehead atoms. The molecule has 0 aliphatic rings. The number of carboxylic acids is 1. The Hall–Kier alpha value is -4.05. The van der Waals surface area contributed by atoms with Crippen LogP contribution in [-0.2, 0) is 16.0 Å². The second-order valence-electron chi connectivity index (χ2n) is 6.81. The molecule has 0 spiro atoms. The van der Waals surface area contributed by atoms with Crippen molar-refractivity contribution in [3.8, 4) is 17.6 Å². The Morgan fingerprint density at radius 1 is 1.23 bits per heavy atom. The van der Waals surface area contributed by atoms with Crippen LogP contribution in [0, 0.1) is 25.2 Å². The summed E-state index contributed by atoms with van der Waals surface area (Å²) in [5.74, 6) is -1.09. The number of allylic oxidation sites excluding steroid dienone is 1. The van der Waals surface area contributed by atoms with Crippen molar-refractivity contribution in [3.05, 3.63) is 70.8 Å². The van der Waals surface area contributed by atoms with Gasteiger partial charge >= 0.3 is 5.97 Å². The number of nitriles is 1. The number of nitrogens with one attached hydrogen (secondary N) is 1. The lowest BCUT2D eigenvalue weighted by atomic mass is 10.0. The first-order chi connectivity index (χ1) is 14.8. The Labute approximate surface area is 181 Å². The predicted molar refractivity (Wildman–Crippen MR) is 118 cm³/mol. The maximum absolute atomic E-state index is 12.6. The maximum Gasteiger partial charge on any atom is 0.341 e. The van der Waals surface area contributed by atoms with Gasteiger partial charge in [0.1, 0.15) is 11.6 Å². The first kappa shape index (κ1) is 23.2. The van der Waals surface area contributed by atoms with Gasteiger partial charge in [-0.05, 0) is 67.3 Å². The topological polar surface area (TPSA) is 109 Å². The summed E-state index contributed by atoms with van der Waals surface area (Å²) in [6.07, 6.45) is 3.45.